The Morgan fingerprint density at radius 1 is 1.33 bits per heavy atom. The molecule has 1 amide bonds. The summed E-state index contributed by atoms with van der Waals surface area (Å²) in [6.45, 7) is 10.3. The lowest BCUT2D eigenvalue weighted by Gasteiger charge is -2.29. The van der Waals surface area contributed by atoms with Crippen molar-refractivity contribution >= 4 is 11.9 Å². The van der Waals surface area contributed by atoms with E-state index in [2.05, 4.69) is 0 Å². The maximum absolute atomic E-state index is 11.8. The summed E-state index contributed by atoms with van der Waals surface area (Å²) in [5.74, 6) is 0.197. The molecule has 4 heteroatoms. The number of hydrogen-bond acceptors (Lipinski definition) is 3. The molecule has 0 aromatic rings. The third kappa shape index (κ3) is 4.17. The molecule has 0 aliphatic carbocycles. The van der Waals surface area contributed by atoms with E-state index in [1.54, 1.807) is 4.90 Å². The number of carbonyl (C=O) groups excluding carboxylic acids is 2. The molecule has 0 saturated carbocycles. The average Bonchev–Trinajstić information content (AvgIpc) is 2.26. The number of rotatable bonds is 2. The van der Waals surface area contributed by atoms with Crippen LogP contribution in [-0.4, -0.2) is 35.5 Å². The maximum atomic E-state index is 11.8. The second-order valence-corrected chi connectivity index (χ2v) is 5.92. The molecule has 1 heterocycles. The van der Waals surface area contributed by atoms with Crippen LogP contribution in [-0.2, 0) is 9.53 Å². The van der Waals surface area contributed by atoms with Crippen molar-refractivity contribution in [3.8, 4) is 0 Å². The van der Waals surface area contributed by atoms with Gasteiger partial charge in [0.2, 0.25) is 0 Å². The smallest absolute Gasteiger partial charge is 0.410 e. The summed E-state index contributed by atoms with van der Waals surface area (Å²) in [6.07, 6.45) is 2.15. The monoisotopic (exact) mass is 253 g/mol. The number of hydrogen-bond donors (Lipinski definition) is 0. The summed E-state index contributed by atoms with van der Waals surface area (Å²) >= 11 is 0. The van der Waals surface area contributed by atoms with Crippen molar-refractivity contribution < 1.29 is 14.3 Å². The molecule has 0 aromatic heterocycles. The molecule has 1 aliphatic rings. The van der Waals surface area contributed by atoms with E-state index in [1.807, 2.05) is 40.7 Å². The molecule has 0 saturated heterocycles. The van der Waals surface area contributed by atoms with Gasteiger partial charge in [0.05, 0.1) is 0 Å². The van der Waals surface area contributed by atoms with E-state index in [1.165, 1.54) is 0 Å². The van der Waals surface area contributed by atoms with Gasteiger partial charge < -0.3 is 9.64 Å². The van der Waals surface area contributed by atoms with Crippen LogP contribution in [0.15, 0.2) is 11.6 Å². The predicted molar refractivity (Wildman–Crippen MR) is 70.4 cm³/mol. The molecule has 18 heavy (non-hydrogen) atoms. The SMILES string of the molecule is CC(C)C(=O)C1=CCN(C(=O)OC(C)(C)C)CC1. The Labute approximate surface area is 109 Å². The lowest BCUT2D eigenvalue weighted by atomic mass is 9.96. The molecule has 1 aliphatic heterocycles. The number of ketones is 1. The molecule has 4 nitrogen and oxygen atoms in total. The molecule has 0 unspecified atom stereocenters. The van der Waals surface area contributed by atoms with Crippen LogP contribution in [0.25, 0.3) is 0 Å². The molecule has 102 valence electrons. The van der Waals surface area contributed by atoms with Crippen molar-refractivity contribution in [3.63, 3.8) is 0 Å². The largest absolute Gasteiger partial charge is 0.444 e. The average molecular weight is 253 g/mol. The van der Waals surface area contributed by atoms with E-state index < -0.39 is 5.60 Å². The van der Waals surface area contributed by atoms with Gasteiger partial charge in [-0.3, -0.25) is 4.79 Å². The molecular weight excluding hydrogens is 230 g/mol. The van der Waals surface area contributed by atoms with Crippen molar-refractivity contribution in [1.82, 2.24) is 4.90 Å². The summed E-state index contributed by atoms with van der Waals surface area (Å²) in [5, 5.41) is 0. The number of carbonyl (C=O) groups is 2. The Balaban J connectivity index is 2.58. The maximum Gasteiger partial charge on any atom is 0.410 e. The Morgan fingerprint density at radius 2 is 1.94 bits per heavy atom. The molecule has 0 radical (unpaired) electrons. The first kappa shape index (κ1) is 14.7. The lowest BCUT2D eigenvalue weighted by Crippen LogP contribution is -2.40. The van der Waals surface area contributed by atoms with Crippen LogP contribution in [0.1, 0.15) is 41.0 Å². The van der Waals surface area contributed by atoms with E-state index in [0.29, 0.717) is 19.5 Å². The topological polar surface area (TPSA) is 46.6 Å². The molecule has 0 atom stereocenters. The van der Waals surface area contributed by atoms with Gasteiger partial charge in [-0.25, -0.2) is 4.79 Å². The fourth-order valence-corrected chi connectivity index (χ4v) is 1.76. The number of ether oxygens (including phenoxy) is 1. The zero-order valence-electron chi connectivity index (χ0n) is 11.9. The standard InChI is InChI=1S/C14H23NO3/c1-10(2)12(16)11-6-8-15(9-7-11)13(17)18-14(3,4)5/h6,10H,7-9H2,1-5H3. The number of amides is 1. The summed E-state index contributed by atoms with van der Waals surface area (Å²) < 4.78 is 5.29. The first-order chi connectivity index (χ1) is 8.20. The lowest BCUT2D eigenvalue weighted by molar-refractivity contribution is -0.118. The molecular formula is C14H23NO3. The number of Topliss-reactive ketones (excluding diaryl/α,β-unsaturated/α-hetero) is 1. The van der Waals surface area contributed by atoms with Crippen molar-refractivity contribution in [1.29, 1.82) is 0 Å². The van der Waals surface area contributed by atoms with Gasteiger partial charge in [0, 0.05) is 19.0 Å². The highest BCUT2D eigenvalue weighted by Gasteiger charge is 2.25. The Morgan fingerprint density at radius 3 is 2.33 bits per heavy atom. The normalized spacial score (nSPS) is 16.6. The quantitative estimate of drug-likeness (QED) is 0.760. The van der Waals surface area contributed by atoms with Crippen LogP contribution < -0.4 is 0 Å². The second-order valence-electron chi connectivity index (χ2n) is 5.92. The minimum Gasteiger partial charge on any atom is -0.444 e. The molecule has 0 bridgehead atoms. The summed E-state index contributed by atoms with van der Waals surface area (Å²) in [4.78, 5) is 25.2. The van der Waals surface area contributed by atoms with Crippen molar-refractivity contribution in [2.24, 2.45) is 5.92 Å². The van der Waals surface area contributed by atoms with E-state index in [0.717, 1.165) is 5.57 Å². The highest BCUT2D eigenvalue weighted by atomic mass is 16.6. The van der Waals surface area contributed by atoms with Crippen LogP contribution in [0, 0.1) is 5.92 Å². The molecule has 0 spiro atoms. The Hall–Kier alpha value is -1.32. The minimum atomic E-state index is -0.477. The zero-order chi connectivity index (χ0) is 13.9. The third-order valence-corrected chi connectivity index (χ3v) is 2.70. The van der Waals surface area contributed by atoms with Crippen molar-refractivity contribution in [3.05, 3.63) is 11.6 Å². The van der Waals surface area contributed by atoms with Gasteiger partial charge in [0.1, 0.15) is 5.60 Å². The van der Waals surface area contributed by atoms with Crippen LogP contribution in [0.3, 0.4) is 0 Å². The van der Waals surface area contributed by atoms with E-state index in [-0.39, 0.29) is 17.8 Å². The minimum absolute atomic E-state index is 0.0179. The summed E-state index contributed by atoms with van der Waals surface area (Å²) in [7, 11) is 0. The van der Waals surface area contributed by atoms with Gasteiger partial charge >= 0.3 is 6.09 Å². The van der Waals surface area contributed by atoms with Crippen LogP contribution >= 0.6 is 0 Å². The third-order valence-electron chi connectivity index (χ3n) is 2.70. The predicted octanol–water partition coefficient (Wildman–Crippen LogP) is 2.78. The van der Waals surface area contributed by atoms with Gasteiger partial charge in [0.25, 0.3) is 0 Å². The van der Waals surface area contributed by atoms with Gasteiger partial charge in [-0.2, -0.15) is 0 Å². The fourth-order valence-electron chi connectivity index (χ4n) is 1.76. The zero-order valence-corrected chi connectivity index (χ0v) is 11.9. The summed E-state index contributed by atoms with van der Waals surface area (Å²) in [5.41, 5.74) is 0.360. The molecule has 1 rings (SSSR count). The number of nitrogens with zero attached hydrogens (tertiary/aromatic N) is 1. The van der Waals surface area contributed by atoms with Gasteiger partial charge in [-0.1, -0.05) is 19.9 Å². The molecule has 0 fully saturated rings. The van der Waals surface area contributed by atoms with Gasteiger partial charge in [-0.05, 0) is 32.8 Å². The Kier molecular flexibility index (Phi) is 4.54. The van der Waals surface area contributed by atoms with Crippen LogP contribution in [0.2, 0.25) is 0 Å². The first-order valence-electron chi connectivity index (χ1n) is 6.42. The van der Waals surface area contributed by atoms with Crippen LogP contribution in [0.4, 0.5) is 4.79 Å². The first-order valence-corrected chi connectivity index (χ1v) is 6.42. The van der Waals surface area contributed by atoms with E-state index in [9.17, 15) is 9.59 Å². The van der Waals surface area contributed by atoms with E-state index >= 15 is 0 Å². The molecule has 0 N–H and O–H groups in total. The highest BCUT2D eigenvalue weighted by molar-refractivity contribution is 5.97. The Bertz CT molecular complexity index is 364. The summed E-state index contributed by atoms with van der Waals surface area (Å²) in [6, 6.07) is 0. The van der Waals surface area contributed by atoms with Crippen molar-refractivity contribution in [2.75, 3.05) is 13.1 Å². The molecule has 0 aromatic carbocycles. The fraction of sp³-hybridized carbons (Fsp3) is 0.714. The second kappa shape index (κ2) is 5.55. The van der Waals surface area contributed by atoms with Gasteiger partial charge in [0.15, 0.2) is 5.78 Å². The highest BCUT2D eigenvalue weighted by Crippen LogP contribution is 2.18. The van der Waals surface area contributed by atoms with E-state index in [4.69, 9.17) is 4.74 Å². The van der Waals surface area contributed by atoms with Gasteiger partial charge in [-0.15, -0.1) is 0 Å². The van der Waals surface area contributed by atoms with Crippen molar-refractivity contribution in [2.45, 2.75) is 46.6 Å². The van der Waals surface area contributed by atoms with Crippen LogP contribution in [0.5, 0.6) is 0 Å².